The Bertz CT molecular complexity index is 3280. The number of aryl methyl sites for hydroxylation is 2. The molecular weight excluding hydrogens is 975 g/mol. The van der Waals surface area contributed by atoms with Gasteiger partial charge in [0.25, 0.3) is 0 Å². The smallest absolute Gasteiger partial charge is 0.185 e. The Balaban J connectivity index is 1.52. The van der Waals surface area contributed by atoms with Gasteiger partial charge in [-0.3, -0.25) is 4.98 Å². The molecule has 0 saturated heterocycles. The van der Waals surface area contributed by atoms with Gasteiger partial charge in [0, 0.05) is 63.9 Å². The summed E-state index contributed by atoms with van der Waals surface area (Å²) in [4.78, 5) is 12.5. The van der Waals surface area contributed by atoms with Crippen LogP contribution in [0.1, 0.15) is 11.4 Å². The molecule has 1 aliphatic rings. The molecule has 0 saturated carbocycles. The molecule has 5 heterocycles. The molecule has 8 bridgehead atoms. The maximum absolute atomic E-state index is 16.5. The zero-order valence-electron chi connectivity index (χ0n) is 36.0. The number of hydrogen-bond donors (Lipinski definition) is 12. The lowest BCUT2D eigenvalue weighted by atomic mass is 9.99. The van der Waals surface area contributed by atoms with E-state index in [-0.39, 0.29) is 35.3 Å². The molecule has 0 amide bonds. The highest BCUT2D eigenvalue weighted by atomic mass is 19.2. The van der Waals surface area contributed by atoms with Gasteiger partial charge in [-0.2, -0.15) is 0 Å². The molecule has 376 valence electrons. The zero-order chi connectivity index (χ0) is 51.3. The van der Waals surface area contributed by atoms with Gasteiger partial charge in [-0.25, -0.2) is 52.7 Å². The van der Waals surface area contributed by atoms with E-state index < -0.39 is 200 Å². The maximum Gasteiger partial charge on any atom is 0.185 e. The van der Waals surface area contributed by atoms with Crippen LogP contribution in [0.5, 0.6) is 0 Å². The number of nitrogens with one attached hydrogen (secondary N) is 6. The first-order chi connectivity index (χ1) is 33.8. The third-order valence-electron chi connectivity index (χ3n) is 11.6. The number of aromatic amines is 3. The van der Waals surface area contributed by atoms with Crippen LogP contribution in [-0.4, -0.2) is 108 Å². The fourth-order valence-corrected chi connectivity index (χ4v) is 8.11. The van der Waals surface area contributed by atoms with Gasteiger partial charge in [0.2, 0.25) is 0 Å². The van der Waals surface area contributed by atoms with Gasteiger partial charge in [-0.1, -0.05) is 0 Å². The minimum absolute atomic E-state index is 0.00144. The number of hydrogen-bond acceptors (Lipinski definition) is 10. The Morgan fingerprint density at radius 1 is 0.366 bits per heavy atom. The lowest BCUT2D eigenvalue weighted by Gasteiger charge is -2.16. The topological polar surface area (TPSA) is 218 Å². The van der Waals surface area contributed by atoms with Gasteiger partial charge in [0.05, 0.1) is 71.7 Å². The number of fused-ring (bicyclic) bond motifs is 9. The van der Waals surface area contributed by atoms with Gasteiger partial charge < -0.3 is 61.5 Å². The Kier molecular flexibility index (Phi) is 14.2. The van der Waals surface area contributed by atoms with Crippen molar-refractivity contribution in [1.29, 1.82) is 0 Å². The SMILES string of the molecule is OC[C@H](O)CNc1c(F)c(F)c(-c2c3nc(c4ccc([nH]4)c(-c4c(F)c(F)c(NC[C@@H](O)CO)c(F)c4F)c4ccc([nH]4)c(-c4c(F)c(F)c(NC[C@@H](O)CO)c(F)c4F)c4ccc2[nH]4)CC3)c(F)c1F. The van der Waals surface area contributed by atoms with E-state index in [1.807, 2.05) is 16.0 Å². The highest BCUT2D eigenvalue weighted by Crippen LogP contribution is 2.44. The summed E-state index contributed by atoms with van der Waals surface area (Å²) in [7, 11) is 0. The van der Waals surface area contributed by atoms with Crippen LogP contribution in [0.4, 0.5) is 69.7 Å². The van der Waals surface area contributed by atoms with Crippen LogP contribution in [0.2, 0.25) is 0 Å². The van der Waals surface area contributed by atoms with Crippen molar-refractivity contribution in [2.45, 2.75) is 31.2 Å². The van der Waals surface area contributed by atoms with Crippen LogP contribution < -0.4 is 16.0 Å². The Morgan fingerprint density at radius 3 is 0.930 bits per heavy atom. The molecule has 13 nitrogen and oxygen atoms in total. The molecule has 0 aliphatic carbocycles. The average molecular weight is 1010 g/mol. The quantitative estimate of drug-likeness (QED) is 0.0364. The van der Waals surface area contributed by atoms with Crippen molar-refractivity contribution >= 4 is 50.2 Å². The molecule has 0 unspecified atom stereocenters. The first-order valence-corrected chi connectivity index (χ1v) is 21.1. The van der Waals surface area contributed by atoms with Crippen LogP contribution in [-0.2, 0) is 12.8 Å². The second-order valence-corrected chi connectivity index (χ2v) is 16.2. The summed E-state index contributed by atoms with van der Waals surface area (Å²) in [5.74, 6) is -24.7. The summed E-state index contributed by atoms with van der Waals surface area (Å²) in [5, 5.41) is 62.6. The number of aromatic nitrogens is 4. The zero-order valence-corrected chi connectivity index (χ0v) is 36.0. The van der Waals surface area contributed by atoms with E-state index in [9.17, 15) is 20.4 Å². The van der Waals surface area contributed by atoms with E-state index in [1.54, 1.807) is 0 Å². The summed E-state index contributed by atoms with van der Waals surface area (Å²) >= 11 is 0. The van der Waals surface area contributed by atoms with Gasteiger partial charge in [-0.05, 0) is 49.2 Å². The summed E-state index contributed by atoms with van der Waals surface area (Å²) in [6, 6.07) is 6.28. The van der Waals surface area contributed by atoms with Crippen LogP contribution in [0.25, 0.3) is 66.5 Å². The first-order valence-electron chi connectivity index (χ1n) is 21.1. The number of rotatable bonds is 15. The molecule has 3 atom stereocenters. The minimum Gasteiger partial charge on any atom is -0.394 e. The number of nitrogens with zero attached hydrogens (tertiary/aromatic N) is 1. The van der Waals surface area contributed by atoms with E-state index in [4.69, 9.17) is 10.2 Å². The predicted molar refractivity (Wildman–Crippen MR) is 234 cm³/mol. The third kappa shape index (κ3) is 8.92. The predicted octanol–water partition coefficient (Wildman–Crippen LogP) is 7.28. The monoisotopic (exact) mass is 1010 g/mol. The molecule has 12 N–H and O–H groups in total. The highest BCUT2D eigenvalue weighted by Gasteiger charge is 2.33. The molecule has 3 aromatic carbocycles. The second kappa shape index (κ2) is 20.0. The van der Waals surface area contributed by atoms with E-state index in [1.165, 1.54) is 6.07 Å². The maximum atomic E-state index is 16.5. The van der Waals surface area contributed by atoms with Crippen molar-refractivity contribution in [3.8, 4) is 33.4 Å². The third-order valence-corrected chi connectivity index (χ3v) is 11.6. The van der Waals surface area contributed by atoms with Crippen LogP contribution >= 0.6 is 0 Å². The normalized spacial score (nSPS) is 13.5. The Morgan fingerprint density at radius 2 is 0.620 bits per heavy atom. The fourth-order valence-electron chi connectivity index (χ4n) is 8.11. The van der Waals surface area contributed by atoms with Crippen molar-refractivity contribution in [3.63, 3.8) is 0 Å². The summed E-state index contributed by atoms with van der Waals surface area (Å²) in [6.45, 7) is -5.15. The van der Waals surface area contributed by atoms with Gasteiger partial charge >= 0.3 is 0 Å². The Hall–Kier alpha value is -7.03. The largest absolute Gasteiger partial charge is 0.394 e. The summed E-state index contributed by atoms with van der Waals surface area (Å²) < 4.78 is 194. The number of aliphatic hydroxyl groups excluding tert-OH is 6. The number of benzene rings is 3. The molecule has 1 aliphatic heterocycles. The van der Waals surface area contributed by atoms with E-state index >= 15 is 52.7 Å². The Labute approximate surface area is 390 Å². The number of anilines is 3. The van der Waals surface area contributed by atoms with E-state index in [0.717, 1.165) is 30.3 Å². The van der Waals surface area contributed by atoms with Gasteiger partial charge in [-0.15, -0.1) is 0 Å². The number of H-pyrrole nitrogens is 3. The van der Waals surface area contributed by atoms with Crippen LogP contribution in [0.15, 0.2) is 36.4 Å². The molecule has 0 radical (unpaired) electrons. The molecular formula is C46H37F12N7O6. The van der Waals surface area contributed by atoms with Crippen LogP contribution in [0.3, 0.4) is 0 Å². The van der Waals surface area contributed by atoms with Crippen LogP contribution in [0, 0.1) is 69.8 Å². The lowest BCUT2D eigenvalue weighted by Crippen LogP contribution is -2.24. The molecule has 71 heavy (non-hydrogen) atoms. The lowest BCUT2D eigenvalue weighted by molar-refractivity contribution is 0.105. The molecule has 8 rings (SSSR count). The first kappa shape index (κ1) is 50.4. The molecule has 4 aromatic heterocycles. The van der Waals surface area contributed by atoms with E-state index in [2.05, 4.69) is 19.9 Å². The molecule has 0 fully saturated rings. The average Bonchev–Trinajstić information content (AvgIpc) is 4.22. The van der Waals surface area contributed by atoms with Crippen molar-refractivity contribution in [2.24, 2.45) is 0 Å². The highest BCUT2D eigenvalue weighted by molar-refractivity contribution is 6.00. The summed E-state index contributed by atoms with van der Waals surface area (Å²) in [6.07, 6.45) is -5.38. The second-order valence-electron chi connectivity index (χ2n) is 16.2. The van der Waals surface area contributed by atoms with Crippen molar-refractivity contribution in [1.82, 2.24) is 19.9 Å². The molecule has 0 spiro atoms. The van der Waals surface area contributed by atoms with E-state index in [0.29, 0.717) is 0 Å². The fraction of sp³-hybridized carbons (Fsp3) is 0.239. The standard InChI is InChI=1S/C46H37F12N7O6/c47-32-29(33(48)39(54)44(38(32)53)59-9-15(69)12-66)26-20-3-1-18(62-20)19-2-4-21(63-19)27(30-34(49)40(55)45(41(56)35(30)50)60-10-16(70)13-67)23-6-8-25(65-23)28(24-7-5-22(26)64-24)31-36(51)42(57)46(43(58)37(31)52)61-11-17(71)14-68/h1,3,5-8,15-17,59-62,64-71H,2,4,9-14H2/t15-,16-,17-/m1/s1. The van der Waals surface area contributed by atoms with Crippen molar-refractivity contribution in [2.75, 3.05) is 55.4 Å². The van der Waals surface area contributed by atoms with Gasteiger partial charge in [0.15, 0.2) is 69.8 Å². The minimum atomic E-state index is -2.14. The molecule has 7 aromatic rings. The summed E-state index contributed by atoms with van der Waals surface area (Å²) in [5.41, 5.74) is -13.7. The number of aliphatic hydroxyl groups is 6. The van der Waals surface area contributed by atoms with Gasteiger partial charge in [0.1, 0.15) is 17.1 Å². The molecule has 25 heteroatoms. The number of halogens is 12. The van der Waals surface area contributed by atoms with Crippen molar-refractivity contribution < 1.29 is 83.3 Å². The van der Waals surface area contributed by atoms with Crippen molar-refractivity contribution in [3.05, 3.63) is 118 Å².